The molecular formula is C6H8F2O3. The second-order valence-corrected chi connectivity index (χ2v) is 1.65. The quantitative estimate of drug-likeness (QED) is 0.460. The molecule has 0 saturated heterocycles. The highest BCUT2D eigenvalue weighted by Gasteiger charge is 2.29. The Morgan fingerprint density at radius 3 is 2.64 bits per heavy atom. The Balaban J connectivity index is 3.69. The monoisotopic (exact) mass is 166 g/mol. The summed E-state index contributed by atoms with van der Waals surface area (Å²) in [5, 5.41) is 0. The number of alkyl halides is 2. The summed E-state index contributed by atoms with van der Waals surface area (Å²) >= 11 is 0. The Kier molecular flexibility index (Phi) is 3.67. The van der Waals surface area contributed by atoms with Gasteiger partial charge in [-0.2, -0.15) is 8.78 Å². The van der Waals surface area contributed by atoms with Crippen molar-refractivity contribution >= 4 is 5.97 Å². The van der Waals surface area contributed by atoms with Gasteiger partial charge in [-0.25, -0.2) is 4.79 Å². The molecule has 0 saturated carbocycles. The van der Waals surface area contributed by atoms with Crippen LogP contribution in [0.4, 0.5) is 8.78 Å². The van der Waals surface area contributed by atoms with Crippen LogP contribution in [-0.2, 0) is 14.3 Å². The molecule has 0 amide bonds. The smallest absolute Gasteiger partial charge is 0.389 e. The third kappa shape index (κ3) is 4.44. The summed E-state index contributed by atoms with van der Waals surface area (Å²) < 4.78 is 31.9. The molecular weight excluding hydrogens is 158 g/mol. The molecule has 11 heavy (non-hydrogen) atoms. The van der Waals surface area contributed by atoms with Crippen LogP contribution in [0, 0.1) is 0 Å². The molecule has 0 fully saturated rings. The first-order valence-electron chi connectivity index (χ1n) is 2.74. The lowest BCUT2D eigenvalue weighted by Gasteiger charge is -2.12. The standard InChI is InChI=1S/C6H8F2O3/c1-3-5(9)11-4-6(7,8)10-2/h3H,1,4H2,2H3. The Morgan fingerprint density at radius 2 is 2.27 bits per heavy atom. The highest BCUT2D eigenvalue weighted by molar-refractivity contribution is 5.81. The maximum absolute atomic E-state index is 12.1. The molecule has 0 heterocycles. The summed E-state index contributed by atoms with van der Waals surface area (Å²) in [7, 11) is 0.821. The van der Waals surface area contributed by atoms with Crippen LogP contribution >= 0.6 is 0 Å². The minimum Gasteiger partial charge on any atom is -0.453 e. The van der Waals surface area contributed by atoms with Crippen LogP contribution in [0.2, 0.25) is 0 Å². The third-order valence-corrected chi connectivity index (χ3v) is 0.848. The Labute approximate surface area is 62.6 Å². The van der Waals surface area contributed by atoms with Crippen molar-refractivity contribution in [3.63, 3.8) is 0 Å². The summed E-state index contributed by atoms with van der Waals surface area (Å²) in [5.41, 5.74) is 0. The zero-order valence-corrected chi connectivity index (χ0v) is 5.97. The van der Waals surface area contributed by atoms with Gasteiger partial charge in [0.05, 0.1) is 0 Å². The molecule has 0 aliphatic heterocycles. The molecule has 0 aliphatic carbocycles. The molecule has 0 aromatic rings. The van der Waals surface area contributed by atoms with Crippen molar-refractivity contribution in [2.24, 2.45) is 0 Å². The van der Waals surface area contributed by atoms with Gasteiger partial charge in [0.2, 0.25) is 0 Å². The number of methoxy groups -OCH3 is 1. The molecule has 0 rings (SSSR count). The van der Waals surface area contributed by atoms with E-state index >= 15 is 0 Å². The van der Waals surface area contributed by atoms with Gasteiger partial charge in [-0.15, -0.1) is 0 Å². The first-order valence-corrected chi connectivity index (χ1v) is 2.74. The van der Waals surface area contributed by atoms with E-state index in [2.05, 4.69) is 16.1 Å². The van der Waals surface area contributed by atoms with Crippen molar-refractivity contribution in [3.05, 3.63) is 12.7 Å². The maximum Gasteiger partial charge on any atom is 0.389 e. The van der Waals surface area contributed by atoms with Crippen molar-refractivity contribution in [3.8, 4) is 0 Å². The molecule has 0 aromatic heterocycles. The number of carbonyl (C=O) groups is 1. The van der Waals surface area contributed by atoms with Gasteiger partial charge in [0.15, 0.2) is 6.61 Å². The summed E-state index contributed by atoms with van der Waals surface area (Å²) in [6, 6.07) is 0. The summed E-state index contributed by atoms with van der Waals surface area (Å²) in [5.74, 6) is -0.901. The average Bonchev–Trinajstić information content (AvgIpc) is 2.00. The number of halogens is 2. The highest BCUT2D eigenvalue weighted by atomic mass is 19.3. The minimum absolute atomic E-state index is 0.797. The molecule has 0 atom stereocenters. The van der Waals surface area contributed by atoms with Crippen molar-refractivity contribution < 1.29 is 23.0 Å². The van der Waals surface area contributed by atoms with E-state index in [4.69, 9.17) is 0 Å². The SMILES string of the molecule is C=CC(=O)OCC(F)(F)OC. The predicted octanol–water partition coefficient (Wildman–Crippen LogP) is 0.955. The number of ether oxygens (including phenoxy) is 2. The van der Waals surface area contributed by atoms with E-state index in [1.165, 1.54) is 0 Å². The van der Waals surface area contributed by atoms with E-state index in [-0.39, 0.29) is 0 Å². The minimum atomic E-state index is -3.42. The van der Waals surface area contributed by atoms with Gasteiger partial charge in [0, 0.05) is 13.2 Å². The van der Waals surface area contributed by atoms with Crippen molar-refractivity contribution in [2.75, 3.05) is 13.7 Å². The summed E-state index contributed by atoms with van der Waals surface area (Å²) in [6.07, 6.45) is -2.62. The van der Waals surface area contributed by atoms with Crippen LogP contribution < -0.4 is 0 Å². The second-order valence-electron chi connectivity index (χ2n) is 1.65. The highest BCUT2D eigenvalue weighted by Crippen LogP contribution is 2.13. The van der Waals surface area contributed by atoms with E-state index < -0.39 is 18.7 Å². The van der Waals surface area contributed by atoms with E-state index in [1.54, 1.807) is 0 Å². The van der Waals surface area contributed by atoms with Crippen LogP contribution in [0.25, 0.3) is 0 Å². The third-order valence-electron chi connectivity index (χ3n) is 0.848. The van der Waals surface area contributed by atoms with Crippen LogP contribution in [0.15, 0.2) is 12.7 Å². The number of esters is 1. The molecule has 0 aromatic carbocycles. The second kappa shape index (κ2) is 4.02. The Morgan fingerprint density at radius 1 is 1.73 bits per heavy atom. The molecule has 3 nitrogen and oxygen atoms in total. The molecule has 0 spiro atoms. The fraction of sp³-hybridized carbons (Fsp3) is 0.500. The molecule has 64 valence electrons. The fourth-order valence-corrected chi connectivity index (χ4v) is 0.273. The molecule has 0 N–H and O–H groups in total. The zero-order chi connectivity index (χ0) is 8.91. The summed E-state index contributed by atoms with van der Waals surface area (Å²) in [6.45, 7) is 1.94. The fourth-order valence-electron chi connectivity index (χ4n) is 0.273. The lowest BCUT2D eigenvalue weighted by atomic mass is 10.6. The molecule has 0 unspecified atom stereocenters. The molecule has 0 aliphatic rings. The van der Waals surface area contributed by atoms with Gasteiger partial charge in [0.25, 0.3) is 0 Å². The first-order chi connectivity index (χ1) is 5.02. The van der Waals surface area contributed by atoms with Crippen molar-refractivity contribution in [2.45, 2.75) is 6.11 Å². The average molecular weight is 166 g/mol. The lowest BCUT2D eigenvalue weighted by molar-refractivity contribution is -0.246. The van der Waals surface area contributed by atoms with Crippen LogP contribution in [0.1, 0.15) is 0 Å². The maximum atomic E-state index is 12.1. The van der Waals surface area contributed by atoms with E-state index in [1.807, 2.05) is 0 Å². The number of carbonyl (C=O) groups excluding carboxylic acids is 1. The van der Waals surface area contributed by atoms with Gasteiger partial charge < -0.3 is 9.47 Å². The number of hydrogen-bond acceptors (Lipinski definition) is 3. The first kappa shape index (κ1) is 10.0. The predicted molar refractivity (Wildman–Crippen MR) is 33.1 cm³/mol. The van der Waals surface area contributed by atoms with E-state index in [0.717, 1.165) is 13.2 Å². The molecule has 5 heteroatoms. The van der Waals surface area contributed by atoms with Crippen molar-refractivity contribution in [1.29, 1.82) is 0 Å². The lowest BCUT2D eigenvalue weighted by Crippen LogP contribution is -2.27. The molecule has 0 bridgehead atoms. The number of rotatable bonds is 4. The van der Waals surface area contributed by atoms with Gasteiger partial charge >= 0.3 is 12.1 Å². The van der Waals surface area contributed by atoms with E-state index in [0.29, 0.717) is 0 Å². The van der Waals surface area contributed by atoms with Crippen LogP contribution in [0.3, 0.4) is 0 Å². The van der Waals surface area contributed by atoms with Gasteiger partial charge in [-0.1, -0.05) is 6.58 Å². The van der Waals surface area contributed by atoms with Gasteiger partial charge in [-0.3, -0.25) is 0 Å². The van der Waals surface area contributed by atoms with Crippen molar-refractivity contribution in [1.82, 2.24) is 0 Å². The van der Waals surface area contributed by atoms with Gasteiger partial charge in [0.1, 0.15) is 0 Å². The molecule has 0 radical (unpaired) electrons. The van der Waals surface area contributed by atoms with Crippen LogP contribution in [-0.4, -0.2) is 25.8 Å². The zero-order valence-electron chi connectivity index (χ0n) is 5.97. The van der Waals surface area contributed by atoms with Gasteiger partial charge in [-0.05, 0) is 0 Å². The van der Waals surface area contributed by atoms with Crippen LogP contribution in [0.5, 0.6) is 0 Å². The summed E-state index contributed by atoms with van der Waals surface area (Å²) in [4.78, 5) is 10.2. The number of hydrogen-bond donors (Lipinski definition) is 0. The Bertz CT molecular complexity index is 156. The Hall–Kier alpha value is -0.970. The normalized spacial score (nSPS) is 10.8. The topological polar surface area (TPSA) is 35.5 Å². The largest absolute Gasteiger partial charge is 0.453 e. The van der Waals surface area contributed by atoms with E-state index in [9.17, 15) is 13.6 Å².